The van der Waals surface area contributed by atoms with Gasteiger partial charge in [-0.25, -0.2) is 13.2 Å². The lowest BCUT2D eigenvalue weighted by atomic mass is 9.73. The Morgan fingerprint density at radius 1 is 0.941 bits per heavy atom. The molecule has 34 heavy (non-hydrogen) atoms. The van der Waals surface area contributed by atoms with Crippen molar-refractivity contribution in [1.29, 1.82) is 0 Å². The van der Waals surface area contributed by atoms with Gasteiger partial charge in [0.05, 0.1) is 18.3 Å². The fourth-order valence-electron chi connectivity index (χ4n) is 5.73. The quantitative estimate of drug-likeness (QED) is 0.382. The molecular formula is C29H37F3O2. The number of rotatable bonds is 8. The second-order valence-corrected chi connectivity index (χ2v) is 10.2. The molecule has 2 fully saturated rings. The van der Waals surface area contributed by atoms with Crippen molar-refractivity contribution in [2.24, 2.45) is 17.8 Å². The van der Waals surface area contributed by atoms with Gasteiger partial charge in [-0.05, 0) is 68.1 Å². The predicted molar refractivity (Wildman–Crippen MR) is 130 cm³/mol. The highest BCUT2D eigenvalue weighted by atomic mass is 19.3. The Balaban J connectivity index is 1.33. The Kier molecular flexibility index (Phi) is 8.57. The highest BCUT2D eigenvalue weighted by Gasteiger charge is 2.32. The molecule has 2 aromatic rings. The zero-order chi connectivity index (χ0) is 24.1. The zero-order valence-electron chi connectivity index (χ0n) is 20.4. The van der Waals surface area contributed by atoms with E-state index < -0.39 is 17.8 Å². The minimum Gasteiger partial charge on any atom is -0.490 e. The molecule has 0 radical (unpaired) electrons. The summed E-state index contributed by atoms with van der Waals surface area (Å²) in [5.74, 6) is 1.21. The second kappa shape index (κ2) is 11.6. The van der Waals surface area contributed by atoms with Crippen LogP contribution in [0, 0.1) is 30.5 Å². The van der Waals surface area contributed by atoms with Crippen LogP contribution < -0.4 is 4.74 Å². The molecule has 4 rings (SSSR count). The average Bonchev–Trinajstić information content (AvgIpc) is 2.84. The molecule has 1 heterocycles. The lowest BCUT2D eigenvalue weighted by molar-refractivity contribution is -0.0564. The van der Waals surface area contributed by atoms with Gasteiger partial charge < -0.3 is 9.47 Å². The summed E-state index contributed by atoms with van der Waals surface area (Å²) in [7, 11) is 0. The SMILES string of the molecule is CCCC1CCC(C2CCC(COc3ccc(-c4ccc(C)cc4)c(F)c3C(F)F)OC2)CC1. The van der Waals surface area contributed by atoms with E-state index in [0.717, 1.165) is 30.2 Å². The minimum atomic E-state index is -2.96. The Morgan fingerprint density at radius 2 is 1.65 bits per heavy atom. The summed E-state index contributed by atoms with van der Waals surface area (Å²) in [6, 6.07) is 10.1. The monoisotopic (exact) mass is 474 g/mol. The molecule has 0 spiro atoms. The highest BCUT2D eigenvalue weighted by Crippen LogP contribution is 2.40. The van der Waals surface area contributed by atoms with Crippen molar-refractivity contribution in [2.75, 3.05) is 13.2 Å². The molecule has 1 saturated carbocycles. The zero-order valence-corrected chi connectivity index (χ0v) is 20.4. The smallest absolute Gasteiger partial charge is 0.270 e. The summed E-state index contributed by atoms with van der Waals surface area (Å²) in [5.41, 5.74) is 1.09. The molecular weight excluding hydrogens is 437 g/mol. The molecule has 5 heteroatoms. The van der Waals surface area contributed by atoms with Crippen molar-refractivity contribution in [3.8, 4) is 16.9 Å². The summed E-state index contributed by atoms with van der Waals surface area (Å²) in [6.07, 6.45) is 6.72. The molecule has 2 unspecified atom stereocenters. The van der Waals surface area contributed by atoms with Gasteiger partial charge in [0.25, 0.3) is 6.43 Å². The van der Waals surface area contributed by atoms with Crippen molar-refractivity contribution < 1.29 is 22.6 Å². The van der Waals surface area contributed by atoms with Crippen molar-refractivity contribution in [1.82, 2.24) is 0 Å². The Hall–Kier alpha value is -2.01. The van der Waals surface area contributed by atoms with E-state index in [1.54, 1.807) is 12.1 Å². The lowest BCUT2D eigenvalue weighted by Crippen LogP contribution is -2.35. The van der Waals surface area contributed by atoms with Crippen LogP contribution in [-0.4, -0.2) is 19.3 Å². The maximum atomic E-state index is 15.1. The highest BCUT2D eigenvalue weighted by molar-refractivity contribution is 5.67. The topological polar surface area (TPSA) is 18.5 Å². The van der Waals surface area contributed by atoms with Crippen LogP contribution in [0.1, 0.15) is 75.8 Å². The third-order valence-electron chi connectivity index (χ3n) is 7.81. The Bertz CT molecular complexity index is 912. The molecule has 0 aromatic heterocycles. The van der Waals surface area contributed by atoms with Gasteiger partial charge in [0, 0.05) is 5.56 Å². The van der Waals surface area contributed by atoms with Gasteiger partial charge in [-0.1, -0.05) is 62.4 Å². The fraction of sp³-hybridized carbons (Fsp3) is 0.586. The first kappa shape index (κ1) is 25.1. The maximum absolute atomic E-state index is 15.1. The lowest BCUT2D eigenvalue weighted by Gasteiger charge is -2.37. The van der Waals surface area contributed by atoms with Crippen LogP contribution in [-0.2, 0) is 4.74 Å². The third-order valence-corrected chi connectivity index (χ3v) is 7.81. The first-order chi connectivity index (χ1) is 16.5. The van der Waals surface area contributed by atoms with Gasteiger partial charge in [0.15, 0.2) is 0 Å². The molecule has 0 bridgehead atoms. The molecule has 2 nitrogen and oxygen atoms in total. The van der Waals surface area contributed by atoms with E-state index in [1.807, 2.05) is 19.1 Å². The van der Waals surface area contributed by atoms with Crippen molar-refractivity contribution in [3.05, 3.63) is 53.3 Å². The van der Waals surface area contributed by atoms with Crippen molar-refractivity contribution in [2.45, 2.75) is 77.7 Å². The molecule has 2 aromatic carbocycles. The van der Waals surface area contributed by atoms with Crippen LogP contribution >= 0.6 is 0 Å². The van der Waals surface area contributed by atoms with Crippen LogP contribution in [0.2, 0.25) is 0 Å². The van der Waals surface area contributed by atoms with Gasteiger partial charge in [-0.15, -0.1) is 0 Å². The van der Waals surface area contributed by atoms with E-state index >= 15 is 4.39 Å². The van der Waals surface area contributed by atoms with Crippen LogP contribution in [0.4, 0.5) is 13.2 Å². The summed E-state index contributed by atoms with van der Waals surface area (Å²) in [5, 5.41) is 0. The minimum absolute atomic E-state index is 0.0941. The van der Waals surface area contributed by atoms with Crippen molar-refractivity contribution in [3.63, 3.8) is 0 Å². The number of hydrogen-bond donors (Lipinski definition) is 0. The summed E-state index contributed by atoms with van der Waals surface area (Å²) < 4.78 is 54.4. The normalized spacial score (nSPS) is 25.5. The predicted octanol–water partition coefficient (Wildman–Crippen LogP) is 8.52. The molecule has 1 saturated heterocycles. The fourth-order valence-corrected chi connectivity index (χ4v) is 5.73. The van der Waals surface area contributed by atoms with Gasteiger partial charge in [0.1, 0.15) is 18.2 Å². The number of benzene rings is 2. The standard InChI is InChI=1S/C29H37F3O2/c1-3-4-20-7-11-21(12-8-20)23-13-14-24(33-17-23)18-34-26-16-15-25(28(30)27(26)29(31)32)22-9-5-19(2)6-10-22/h5-6,9-10,15-16,20-21,23-24,29H,3-4,7-8,11-14,17-18H2,1-2H3. The van der Waals surface area contributed by atoms with Crippen LogP contribution in [0.15, 0.2) is 36.4 Å². The first-order valence-electron chi connectivity index (χ1n) is 12.9. The number of aryl methyl sites for hydroxylation is 1. The van der Waals surface area contributed by atoms with E-state index in [1.165, 1.54) is 50.7 Å². The number of hydrogen-bond acceptors (Lipinski definition) is 2. The van der Waals surface area contributed by atoms with Crippen LogP contribution in [0.5, 0.6) is 5.75 Å². The first-order valence-corrected chi connectivity index (χ1v) is 12.9. The molecule has 2 aliphatic rings. The van der Waals surface area contributed by atoms with Gasteiger partial charge in [0.2, 0.25) is 0 Å². The van der Waals surface area contributed by atoms with E-state index in [9.17, 15) is 8.78 Å². The molecule has 0 amide bonds. The number of alkyl halides is 2. The van der Waals surface area contributed by atoms with E-state index in [0.29, 0.717) is 18.1 Å². The third kappa shape index (κ3) is 5.97. The maximum Gasteiger partial charge on any atom is 0.270 e. The average molecular weight is 475 g/mol. The van der Waals surface area contributed by atoms with Gasteiger partial charge in [-0.3, -0.25) is 0 Å². The number of halogens is 3. The Morgan fingerprint density at radius 3 is 2.26 bits per heavy atom. The van der Waals surface area contributed by atoms with E-state index in [4.69, 9.17) is 9.47 Å². The Labute approximate surface area is 201 Å². The van der Waals surface area contributed by atoms with Crippen molar-refractivity contribution >= 4 is 0 Å². The molecule has 186 valence electrons. The molecule has 1 aliphatic heterocycles. The summed E-state index contributed by atoms with van der Waals surface area (Å²) in [4.78, 5) is 0. The summed E-state index contributed by atoms with van der Waals surface area (Å²) in [6.45, 7) is 5.06. The largest absolute Gasteiger partial charge is 0.490 e. The summed E-state index contributed by atoms with van der Waals surface area (Å²) >= 11 is 0. The van der Waals surface area contributed by atoms with E-state index in [-0.39, 0.29) is 24.0 Å². The van der Waals surface area contributed by atoms with Gasteiger partial charge in [-0.2, -0.15) is 0 Å². The van der Waals surface area contributed by atoms with Gasteiger partial charge >= 0.3 is 0 Å². The second-order valence-electron chi connectivity index (χ2n) is 10.2. The number of ether oxygens (including phenoxy) is 2. The van der Waals surface area contributed by atoms with E-state index in [2.05, 4.69) is 6.92 Å². The molecule has 2 atom stereocenters. The molecule has 1 aliphatic carbocycles. The van der Waals surface area contributed by atoms with Crippen LogP contribution in [0.3, 0.4) is 0 Å². The van der Waals surface area contributed by atoms with Crippen LogP contribution in [0.25, 0.3) is 11.1 Å². The molecule has 0 N–H and O–H groups in total.